The second-order valence-corrected chi connectivity index (χ2v) is 7.20. The molecule has 0 radical (unpaired) electrons. The normalized spacial score (nSPS) is 50.8. The molecule has 0 aromatic heterocycles. The Morgan fingerprint density at radius 1 is 1.31 bits per heavy atom. The lowest BCUT2D eigenvalue weighted by atomic mass is 9.43. The van der Waals surface area contributed by atoms with Gasteiger partial charge in [0.2, 0.25) is 0 Å². The van der Waals surface area contributed by atoms with Crippen molar-refractivity contribution in [1.82, 2.24) is 0 Å². The molecular weight excluding hydrogens is 222 g/mol. The number of rotatable bonds is 1. The van der Waals surface area contributed by atoms with E-state index in [1.165, 1.54) is 6.42 Å². The van der Waals surface area contributed by atoms with Gasteiger partial charge < -0.3 is 9.31 Å². The van der Waals surface area contributed by atoms with Gasteiger partial charge in [0.15, 0.2) is 0 Å². The first-order valence-corrected chi connectivity index (χ1v) is 6.76. The summed E-state index contributed by atoms with van der Waals surface area (Å²) >= 11 is 6.09. The first-order chi connectivity index (χ1) is 7.35. The molecule has 5 atom stereocenters. The molecule has 3 saturated carbocycles. The van der Waals surface area contributed by atoms with Gasteiger partial charge in [-0.3, -0.25) is 0 Å². The number of hydrogen-bond acceptors (Lipinski definition) is 2. The van der Waals surface area contributed by atoms with Crippen molar-refractivity contribution in [1.29, 1.82) is 0 Å². The highest BCUT2D eigenvalue weighted by Crippen LogP contribution is 2.65. The standard InChI is InChI=1S/C12H20BClO2/c1-7(14)13-15-10-6-8-5-9(11(8,2)3)12(10,4)16-13/h7-10H,5-6H2,1-4H3/t7-,8+,9+,10-,12+/m1/s1. The summed E-state index contributed by atoms with van der Waals surface area (Å²) in [6, 6.07) is 0. The minimum atomic E-state index is -0.216. The molecule has 0 aromatic carbocycles. The monoisotopic (exact) mass is 242 g/mol. The zero-order valence-electron chi connectivity index (χ0n) is 10.5. The SMILES string of the molecule is C[C@@H](Cl)B1O[C@@H]2C[C@@H]3C[C@@H](C3(C)C)[C@]2(C)O1. The summed E-state index contributed by atoms with van der Waals surface area (Å²) in [7, 11) is -0.216. The van der Waals surface area contributed by atoms with Crippen LogP contribution in [0.5, 0.6) is 0 Å². The minimum absolute atomic E-state index is 0.0669. The molecule has 2 nitrogen and oxygen atoms in total. The molecule has 0 unspecified atom stereocenters. The molecule has 0 amide bonds. The average molecular weight is 243 g/mol. The van der Waals surface area contributed by atoms with Gasteiger partial charge in [-0.25, -0.2) is 0 Å². The van der Waals surface area contributed by atoms with Gasteiger partial charge in [-0.05, 0) is 37.0 Å². The van der Waals surface area contributed by atoms with Crippen LogP contribution in [0.15, 0.2) is 0 Å². The molecule has 1 aliphatic heterocycles. The summed E-state index contributed by atoms with van der Waals surface area (Å²) in [4.78, 5) is 0. The molecule has 1 saturated heterocycles. The van der Waals surface area contributed by atoms with Gasteiger partial charge >= 0.3 is 7.12 Å². The van der Waals surface area contributed by atoms with E-state index in [1.54, 1.807) is 0 Å². The Kier molecular flexibility index (Phi) is 2.26. The van der Waals surface area contributed by atoms with Gasteiger partial charge in [-0.2, -0.15) is 0 Å². The quantitative estimate of drug-likeness (QED) is 0.520. The number of halogens is 1. The van der Waals surface area contributed by atoms with Gasteiger partial charge in [0, 0.05) is 0 Å². The Labute approximate surface area is 103 Å². The topological polar surface area (TPSA) is 18.5 Å². The van der Waals surface area contributed by atoms with E-state index in [2.05, 4.69) is 20.8 Å². The second kappa shape index (κ2) is 3.18. The van der Waals surface area contributed by atoms with Gasteiger partial charge in [0.25, 0.3) is 0 Å². The smallest absolute Gasteiger partial charge is 0.404 e. The predicted octanol–water partition coefficient (Wildman–Crippen LogP) is 2.88. The van der Waals surface area contributed by atoms with Crippen LogP contribution in [0, 0.1) is 17.3 Å². The van der Waals surface area contributed by atoms with Crippen molar-refractivity contribution < 1.29 is 9.31 Å². The van der Waals surface area contributed by atoms with Crippen LogP contribution in [0.4, 0.5) is 0 Å². The van der Waals surface area contributed by atoms with E-state index in [0.717, 1.165) is 12.3 Å². The third-order valence-corrected chi connectivity index (χ3v) is 5.55. The summed E-state index contributed by atoms with van der Waals surface area (Å²) in [5, 5.41) is -0.0669. The highest BCUT2D eigenvalue weighted by Gasteiger charge is 2.68. The van der Waals surface area contributed by atoms with Crippen LogP contribution in [0.3, 0.4) is 0 Å². The number of alkyl halides is 1. The molecule has 0 aromatic rings. The van der Waals surface area contributed by atoms with Gasteiger partial charge in [-0.1, -0.05) is 20.8 Å². The third kappa shape index (κ3) is 1.23. The lowest BCUT2D eigenvalue weighted by Crippen LogP contribution is -2.65. The largest absolute Gasteiger partial charge is 0.476 e. The molecule has 1 heterocycles. The first-order valence-electron chi connectivity index (χ1n) is 6.33. The van der Waals surface area contributed by atoms with Crippen LogP contribution in [0.25, 0.3) is 0 Å². The Bertz CT molecular complexity index is 320. The van der Waals surface area contributed by atoms with Crippen LogP contribution >= 0.6 is 11.6 Å². The highest BCUT2D eigenvalue weighted by atomic mass is 35.5. The van der Waals surface area contributed by atoms with E-state index in [4.69, 9.17) is 20.9 Å². The zero-order chi connectivity index (χ0) is 11.7. The van der Waals surface area contributed by atoms with E-state index in [0.29, 0.717) is 11.3 Å². The molecule has 4 heteroatoms. The summed E-state index contributed by atoms with van der Waals surface area (Å²) in [6.45, 7) is 8.91. The number of hydrogen-bond donors (Lipinski definition) is 0. The average Bonchev–Trinajstić information content (AvgIpc) is 2.54. The summed E-state index contributed by atoms with van der Waals surface area (Å²) in [5.41, 5.74) is 0.311. The van der Waals surface area contributed by atoms with Crippen molar-refractivity contribution in [2.45, 2.75) is 57.5 Å². The van der Waals surface area contributed by atoms with Crippen LogP contribution in [-0.4, -0.2) is 24.1 Å². The summed E-state index contributed by atoms with van der Waals surface area (Å²) in [5.74, 6) is 1.44. The van der Waals surface area contributed by atoms with E-state index >= 15 is 0 Å². The molecule has 16 heavy (non-hydrogen) atoms. The Morgan fingerprint density at radius 3 is 2.56 bits per heavy atom. The Balaban J connectivity index is 1.87. The first kappa shape index (κ1) is 11.4. The Hall–Kier alpha value is 0.275. The van der Waals surface area contributed by atoms with Crippen molar-refractivity contribution >= 4 is 18.7 Å². The molecule has 4 rings (SSSR count). The van der Waals surface area contributed by atoms with Crippen molar-refractivity contribution in [2.75, 3.05) is 0 Å². The lowest BCUT2D eigenvalue weighted by Gasteiger charge is -2.64. The predicted molar refractivity (Wildman–Crippen MR) is 65.4 cm³/mol. The third-order valence-electron chi connectivity index (χ3n) is 5.34. The molecule has 0 spiro atoms. The maximum atomic E-state index is 6.15. The van der Waals surface area contributed by atoms with Crippen molar-refractivity contribution in [3.8, 4) is 0 Å². The fourth-order valence-corrected chi connectivity index (χ4v) is 4.21. The second-order valence-electron chi connectivity index (χ2n) is 6.51. The van der Waals surface area contributed by atoms with Crippen molar-refractivity contribution in [3.63, 3.8) is 0 Å². The maximum Gasteiger partial charge on any atom is 0.476 e. The highest BCUT2D eigenvalue weighted by molar-refractivity contribution is 6.59. The molecule has 4 aliphatic rings. The minimum Gasteiger partial charge on any atom is -0.404 e. The van der Waals surface area contributed by atoms with Crippen molar-refractivity contribution in [3.05, 3.63) is 0 Å². The lowest BCUT2D eigenvalue weighted by molar-refractivity contribution is -0.199. The summed E-state index contributed by atoms with van der Waals surface area (Å²) < 4.78 is 12.1. The van der Waals surface area contributed by atoms with E-state index in [-0.39, 0.29) is 24.1 Å². The zero-order valence-corrected chi connectivity index (χ0v) is 11.3. The van der Waals surface area contributed by atoms with Gasteiger partial charge in [0.05, 0.1) is 17.0 Å². The van der Waals surface area contributed by atoms with Crippen molar-refractivity contribution in [2.24, 2.45) is 17.3 Å². The molecule has 0 N–H and O–H groups in total. The Morgan fingerprint density at radius 2 is 2.00 bits per heavy atom. The molecule has 2 bridgehead atoms. The van der Waals surface area contributed by atoms with Crippen LogP contribution < -0.4 is 0 Å². The maximum absolute atomic E-state index is 6.15. The van der Waals surface area contributed by atoms with Gasteiger partial charge in [0.1, 0.15) is 0 Å². The van der Waals surface area contributed by atoms with Crippen LogP contribution in [0.1, 0.15) is 40.5 Å². The van der Waals surface area contributed by atoms with Crippen LogP contribution in [-0.2, 0) is 9.31 Å². The summed E-state index contributed by atoms with van der Waals surface area (Å²) in [6.07, 6.45) is 2.70. The molecule has 90 valence electrons. The molecular formula is C12H20BClO2. The van der Waals surface area contributed by atoms with Crippen LogP contribution in [0.2, 0.25) is 0 Å². The van der Waals surface area contributed by atoms with Gasteiger partial charge in [-0.15, -0.1) is 11.6 Å². The fourth-order valence-electron chi connectivity index (χ4n) is 4.10. The van der Waals surface area contributed by atoms with E-state index in [9.17, 15) is 0 Å². The molecule has 3 aliphatic carbocycles. The molecule has 4 fully saturated rings. The fraction of sp³-hybridized carbons (Fsp3) is 1.00. The van der Waals surface area contributed by atoms with E-state index < -0.39 is 0 Å². The van der Waals surface area contributed by atoms with E-state index in [1.807, 2.05) is 6.92 Å².